The third kappa shape index (κ3) is 2.93. The van der Waals surface area contributed by atoms with Crippen LogP contribution in [0.2, 0.25) is 10.0 Å². The van der Waals surface area contributed by atoms with Crippen molar-refractivity contribution in [3.05, 3.63) is 63.0 Å². The van der Waals surface area contributed by atoms with E-state index in [2.05, 4.69) is 34.1 Å². The Morgan fingerprint density at radius 1 is 1.10 bits per heavy atom. The third-order valence-corrected chi connectivity index (χ3v) is 6.33. The fourth-order valence-corrected chi connectivity index (χ4v) is 4.67. The summed E-state index contributed by atoms with van der Waals surface area (Å²) in [6, 6.07) is 14.1. The summed E-state index contributed by atoms with van der Waals surface area (Å²) in [6.07, 6.45) is 0. The summed E-state index contributed by atoms with van der Waals surface area (Å²) >= 11 is 18.0. The van der Waals surface area contributed by atoms with Crippen LogP contribution >= 0.6 is 50.5 Å². The maximum Gasteiger partial charge on any atom is 0.138 e. The molecule has 0 spiro atoms. The molecule has 0 radical (unpaired) electrons. The smallest absolute Gasteiger partial charge is 0.138 e. The van der Waals surface area contributed by atoms with E-state index >= 15 is 0 Å². The van der Waals surface area contributed by atoms with Crippen LogP contribution in [0.1, 0.15) is 15.3 Å². The average molecular weight is 402 g/mol. The number of halogens is 3. The van der Waals surface area contributed by atoms with Gasteiger partial charge in [0.15, 0.2) is 0 Å². The Morgan fingerprint density at radius 3 is 2.57 bits per heavy atom. The molecule has 0 fully saturated rings. The summed E-state index contributed by atoms with van der Waals surface area (Å²) in [7, 11) is 1.58. The first-order valence-corrected chi connectivity index (χ1v) is 8.74. The van der Waals surface area contributed by atoms with Crippen LogP contribution in [0, 0.1) is 0 Å². The molecule has 0 aliphatic carbocycles. The summed E-state index contributed by atoms with van der Waals surface area (Å²) in [5, 5.41) is 2.43. The van der Waals surface area contributed by atoms with Crippen LogP contribution in [0.25, 0.3) is 10.1 Å². The number of hydrogen-bond acceptors (Lipinski definition) is 2. The van der Waals surface area contributed by atoms with E-state index in [1.54, 1.807) is 24.5 Å². The van der Waals surface area contributed by atoms with E-state index in [9.17, 15) is 0 Å². The number of rotatable bonds is 3. The van der Waals surface area contributed by atoms with Crippen molar-refractivity contribution in [3.63, 3.8) is 0 Å². The van der Waals surface area contributed by atoms with Gasteiger partial charge in [-0.1, -0.05) is 57.3 Å². The van der Waals surface area contributed by atoms with E-state index in [4.69, 9.17) is 27.9 Å². The number of fused-ring (bicyclic) bond motifs is 1. The molecule has 3 aromatic rings. The molecule has 3 rings (SSSR count). The molecule has 108 valence electrons. The van der Waals surface area contributed by atoms with Gasteiger partial charge >= 0.3 is 0 Å². The minimum Gasteiger partial charge on any atom is -0.495 e. The van der Waals surface area contributed by atoms with Gasteiger partial charge in [0.1, 0.15) is 5.75 Å². The van der Waals surface area contributed by atoms with Gasteiger partial charge in [0.25, 0.3) is 0 Å². The molecule has 1 atom stereocenters. The summed E-state index contributed by atoms with van der Waals surface area (Å²) in [4.78, 5) is 1.20. The predicted molar refractivity (Wildman–Crippen MR) is 95.6 cm³/mol. The van der Waals surface area contributed by atoms with Crippen molar-refractivity contribution in [1.29, 1.82) is 0 Å². The van der Waals surface area contributed by atoms with E-state index < -0.39 is 0 Å². The topological polar surface area (TPSA) is 9.23 Å². The Balaban J connectivity index is 2.05. The molecular weight excluding hydrogens is 391 g/mol. The fourth-order valence-electron chi connectivity index (χ4n) is 2.18. The van der Waals surface area contributed by atoms with Crippen molar-refractivity contribution in [2.45, 2.75) is 4.83 Å². The van der Waals surface area contributed by atoms with Crippen molar-refractivity contribution in [1.82, 2.24) is 0 Å². The molecule has 0 amide bonds. The average Bonchev–Trinajstić information content (AvgIpc) is 2.92. The van der Waals surface area contributed by atoms with E-state index in [-0.39, 0.29) is 4.83 Å². The van der Waals surface area contributed by atoms with Gasteiger partial charge in [0.05, 0.1) is 17.0 Å². The standard InChI is InChI=1S/C16H11BrCl2OS/c1-20-13-8-11(18)10(7-12(13)19)16(17)15-6-9-4-2-3-5-14(9)21-15/h2-8,16H,1H3. The second kappa shape index (κ2) is 6.17. The quantitative estimate of drug-likeness (QED) is 0.443. The van der Waals surface area contributed by atoms with Crippen LogP contribution in [0.5, 0.6) is 5.75 Å². The Morgan fingerprint density at radius 2 is 1.86 bits per heavy atom. The van der Waals surface area contributed by atoms with Crippen LogP contribution in [-0.2, 0) is 0 Å². The lowest BCUT2D eigenvalue weighted by Crippen LogP contribution is -1.93. The minimum absolute atomic E-state index is 0.00538. The zero-order valence-electron chi connectivity index (χ0n) is 11.1. The van der Waals surface area contributed by atoms with Gasteiger partial charge in [0, 0.05) is 20.7 Å². The maximum atomic E-state index is 6.36. The van der Waals surface area contributed by atoms with Crippen LogP contribution in [-0.4, -0.2) is 7.11 Å². The molecule has 0 saturated heterocycles. The van der Waals surface area contributed by atoms with Crippen LogP contribution in [0.3, 0.4) is 0 Å². The summed E-state index contributed by atoms with van der Waals surface area (Å²) in [5.41, 5.74) is 0.939. The summed E-state index contributed by atoms with van der Waals surface area (Å²) in [5.74, 6) is 0.585. The molecule has 0 saturated carbocycles. The SMILES string of the molecule is COc1cc(Cl)c(C(Br)c2cc3ccccc3s2)cc1Cl. The van der Waals surface area contributed by atoms with Gasteiger partial charge in [-0.3, -0.25) is 0 Å². The fraction of sp³-hybridized carbons (Fsp3) is 0.125. The molecular formula is C16H11BrCl2OS. The van der Waals surface area contributed by atoms with E-state index in [0.29, 0.717) is 15.8 Å². The predicted octanol–water partition coefficient (Wildman–Crippen LogP) is 6.70. The van der Waals surface area contributed by atoms with Crippen molar-refractivity contribution >= 4 is 60.6 Å². The molecule has 5 heteroatoms. The first kappa shape index (κ1) is 15.2. The van der Waals surface area contributed by atoms with Crippen molar-refractivity contribution in [3.8, 4) is 5.75 Å². The lowest BCUT2D eigenvalue weighted by Gasteiger charge is -2.13. The molecule has 1 aromatic heterocycles. The van der Waals surface area contributed by atoms with Crippen molar-refractivity contribution < 1.29 is 4.74 Å². The number of methoxy groups -OCH3 is 1. The Labute approximate surface area is 145 Å². The van der Waals surface area contributed by atoms with Gasteiger partial charge in [-0.2, -0.15) is 0 Å². The molecule has 1 heterocycles. The molecule has 1 unspecified atom stereocenters. The molecule has 21 heavy (non-hydrogen) atoms. The first-order valence-electron chi connectivity index (χ1n) is 6.25. The molecule has 2 aromatic carbocycles. The highest BCUT2D eigenvalue weighted by atomic mass is 79.9. The number of thiophene rings is 1. The van der Waals surface area contributed by atoms with E-state index in [1.165, 1.54) is 15.0 Å². The number of ether oxygens (including phenoxy) is 1. The van der Waals surface area contributed by atoms with Gasteiger partial charge in [-0.15, -0.1) is 11.3 Å². The maximum absolute atomic E-state index is 6.36. The lowest BCUT2D eigenvalue weighted by atomic mass is 10.1. The third-order valence-electron chi connectivity index (χ3n) is 3.24. The van der Waals surface area contributed by atoms with Crippen LogP contribution < -0.4 is 4.74 Å². The largest absolute Gasteiger partial charge is 0.495 e. The van der Waals surface area contributed by atoms with Gasteiger partial charge in [0.2, 0.25) is 0 Å². The zero-order chi connectivity index (χ0) is 15.0. The summed E-state index contributed by atoms with van der Waals surface area (Å²) < 4.78 is 6.44. The first-order chi connectivity index (χ1) is 10.1. The number of alkyl halides is 1. The van der Waals surface area contributed by atoms with E-state index in [0.717, 1.165) is 5.56 Å². The Bertz CT molecular complexity index is 767. The molecule has 0 N–H and O–H groups in total. The highest BCUT2D eigenvalue weighted by molar-refractivity contribution is 9.09. The lowest BCUT2D eigenvalue weighted by molar-refractivity contribution is 0.415. The van der Waals surface area contributed by atoms with Gasteiger partial charge in [-0.05, 0) is 29.1 Å². The number of hydrogen-bond donors (Lipinski definition) is 0. The summed E-state index contributed by atoms with van der Waals surface area (Å²) in [6.45, 7) is 0. The monoisotopic (exact) mass is 400 g/mol. The van der Waals surface area contributed by atoms with Gasteiger partial charge < -0.3 is 4.74 Å². The molecule has 1 nitrogen and oxygen atoms in total. The second-order valence-electron chi connectivity index (χ2n) is 4.56. The van der Waals surface area contributed by atoms with Gasteiger partial charge in [-0.25, -0.2) is 0 Å². The molecule has 0 aliphatic rings. The highest BCUT2D eigenvalue weighted by Crippen LogP contribution is 2.43. The van der Waals surface area contributed by atoms with Crippen LogP contribution in [0.15, 0.2) is 42.5 Å². The number of benzene rings is 2. The van der Waals surface area contributed by atoms with Crippen molar-refractivity contribution in [2.75, 3.05) is 7.11 Å². The second-order valence-corrected chi connectivity index (χ2v) is 7.40. The molecule has 0 bridgehead atoms. The van der Waals surface area contributed by atoms with Crippen molar-refractivity contribution in [2.24, 2.45) is 0 Å². The highest BCUT2D eigenvalue weighted by Gasteiger charge is 2.18. The zero-order valence-corrected chi connectivity index (χ0v) is 15.0. The van der Waals surface area contributed by atoms with Crippen LogP contribution in [0.4, 0.5) is 0 Å². The van der Waals surface area contributed by atoms with E-state index in [1.807, 2.05) is 18.2 Å². The normalized spacial score (nSPS) is 12.6. The Kier molecular flexibility index (Phi) is 4.46. The Hall–Kier alpha value is -0.740. The minimum atomic E-state index is 0.00538. The molecule has 0 aliphatic heterocycles.